The van der Waals surface area contributed by atoms with Crippen molar-refractivity contribution in [2.45, 2.75) is 25.2 Å². The molecule has 0 N–H and O–H groups in total. The Balaban J connectivity index is 2.94. The van der Waals surface area contributed by atoms with Gasteiger partial charge in [0, 0.05) is 5.88 Å². The molecular formula is C8H11BrCl2N2. The van der Waals surface area contributed by atoms with E-state index in [9.17, 15) is 0 Å². The molecule has 13 heavy (non-hydrogen) atoms. The van der Waals surface area contributed by atoms with E-state index in [1.54, 1.807) is 0 Å². The second-order valence-electron chi connectivity index (χ2n) is 2.84. The van der Waals surface area contributed by atoms with Gasteiger partial charge < -0.3 is 0 Å². The lowest BCUT2D eigenvalue weighted by Crippen LogP contribution is -2.06. The van der Waals surface area contributed by atoms with Gasteiger partial charge in [-0.3, -0.25) is 4.68 Å². The third-order valence-corrected chi connectivity index (χ3v) is 3.46. The van der Waals surface area contributed by atoms with Gasteiger partial charge in [-0.2, -0.15) is 5.10 Å². The van der Waals surface area contributed by atoms with Gasteiger partial charge in [0.25, 0.3) is 0 Å². The summed E-state index contributed by atoms with van der Waals surface area (Å²) in [4.78, 5) is 0.135. The first-order valence-electron chi connectivity index (χ1n) is 3.99. The van der Waals surface area contributed by atoms with Gasteiger partial charge in [0.05, 0.1) is 16.4 Å². The highest BCUT2D eigenvalue weighted by Gasteiger charge is 2.14. The van der Waals surface area contributed by atoms with Crippen molar-refractivity contribution in [1.29, 1.82) is 0 Å². The molecule has 5 heteroatoms. The van der Waals surface area contributed by atoms with Gasteiger partial charge in [0.2, 0.25) is 0 Å². The molecule has 0 bridgehead atoms. The SMILES string of the molecule is Cc1nn(C(Br)CCCl)c(C)c1Cl. The van der Waals surface area contributed by atoms with Crippen molar-refractivity contribution < 1.29 is 0 Å². The van der Waals surface area contributed by atoms with Gasteiger partial charge in [0.15, 0.2) is 0 Å². The average Bonchev–Trinajstić information content (AvgIpc) is 2.33. The third-order valence-electron chi connectivity index (χ3n) is 1.85. The monoisotopic (exact) mass is 284 g/mol. The minimum atomic E-state index is 0.135. The van der Waals surface area contributed by atoms with Gasteiger partial charge in [-0.1, -0.05) is 27.5 Å². The van der Waals surface area contributed by atoms with E-state index in [1.807, 2.05) is 18.5 Å². The molecule has 2 nitrogen and oxygen atoms in total. The summed E-state index contributed by atoms with van der Waals surface area (Å²) in [5.41, 5.74) is 1.84. The van der Waals surface area contributed by atoms with Crippen molar-refractivity contribution in [2.24, 2.45) is 0 Å². The Labute approximate surface area is 96.3 Å². The second kappa shape index (κ2) is 4.67. The molecule has 1 unspecified atom stereocenters. The largest absolute Gasteiger partial charge is 0.254 e. The molecule has 1 rings (SSSR count). The highest BCUT2D eigenvalue weighted by atomic mass is 79.9. The van der Waals surface area contributed by atoms with Gasteiger partial charge >= 0.3 is 0 Å². The summed E-state index contributed by atoms with van der Waals surface area (Å²) in [6.45, 7) is 3.84. The molecule has 74 valence electrons. The van der Waals surface area contributed by atoms with Crippen LogP contribution < -0.4 is 0 Å². The van der Waals surface area contributed by atoms with E-state index in [0.29, 0.717) is 5.88 Å². The summed E-state index contributed by atoms with van der Waals surface area (Å²) in [6, 6.07) is 0. The summed E-state index contributed by atoms with van der Waals surface area (Å²) in [6.07, 6.45) is 0.833. The predicted molar refractivity (Wildman–Crippen MR) is 60.0 cm³/mol. The molecule has 0 aliphatic rings. The molecule has 0 radical (unpaired) electrons. The van der Waals surface area contributed by atoms with E-state index >= 15 is 0 Å². The smallest absolute Gasteiger partial charge is 0.108 e. The number of nitrogens with zero attached hydrogens (tertiary/aromatic N) is 2. The highest BCUT2D eigenvalue weighted by molar-refractivity contribution is 9.09. The van der Waals surface area contributed by atoms with E-state index in [2.05, 4.69) is 21.0 Å². The lowest BCUT2D eigenvalue weighted by Gasteiger charge is -2.10. The summed E-state index contributed by atoms with van der Waals surface area (Å²) < 4.78 is 1.86. The van der Waals surface area contributed by atoms with E-state index in [-0.39, 0.29) is 4.95 Å². The summed E-state index contributed by atoms with van der Waals surface area (Å²) in [5.74, 6) is 0.603. The van der Waals surface area contributed by atoms with Crippen molar-refractivity contribution in [3.8, 4) is 0 Å². The van der Waals surface area contributed by atoms with Crippen LogP contribution in [0.25, 0.3) is 0 Å². The average molecular weight is 286 g/mol. The van der Waals surface area contributed by atoms with E-state index in [1.165, 1.54) is 0 Å². The quantitative estimate of drug-likeness (QED) is 0.775. The summed E-state index contributed by atoms with van der Waals surface area (Å²) >= 11 is 15.1. The number of hydrogen-bond acceptors (Lipinski definition) is 1. The number of alkyl halides is 2. The molecule has 0 saturated heterocycles. The second-order valence-corrected chi connectivity index (χ2v) is 4.65. The van der Waals surface area contributed by atoms with E-state index in [4.69, 9.17) is 23.2 Å². The Hall–Kier alpha value is 0.270. The van der Waals surface area contributed by atoms with Crippen molar-refractivity contribution in [3.63, 3.8) is 0 Å². The molecule has 1 aromatic rings. The maximum atomic E-state index is 6.01. The first-order chi connectivity index (χ1) is 6.07. The molecule has 0 amide bonds. The lowest BCUT2D eigenvalue weighted by molar-refractivity contribution is 0.579. The van der Waals surface area contributed by atoms with Gasteiger partial charge in [-0.05, 0) is 20.3 Å². The van der Waals surface area contributed by atoms with Gasteiger partial charge in [-0.25, -0.2) is 0 Å². The Morgan fingerprint density at radius 3 is 2.54 bits per heavy atom. The fourth-order valence-electron chi connectivity index (χ4n) is 1.13. The van der Waals surface area contributed by atoms with Crippen LogP contribution in [0.15, 0.2) is 0 Å². The van der Waals surface area contributed by atoms with Crippen LogP contribution in [-0.4, -0.2) is 15.7 Å². The topological polar surface area (TPSA) is 17.8 Å². The molecule has 0 fully saturated rings. The van der Waals surface area contributed by atoms with Crippen molar-refractivity contribution >= 4 is 39.1 Å². The molecule has 0 saturated carbocycles. The first kappa shape index (κ1) is 11.3. The van der Waals surface area contributed by atoms with Crippen LogP contribution in [0.3, 0.4) is 0 Å². The zero-order valence-corrected chi connectivity index (χ0v) is 10.6. The predicted octanol–water partition coefficient (Wildman–Crippen LogP) is 3.68. The highest BCUT2D eigenvalue weighted by Crippen LogP contribution is 2.27. The summed E-state index contributed by atoms with van der Waals surface area (Å²) in [5, 5.41) is 5.04. The molecule has 0 aromatic carbocycles. The molecule has 1 aromatic heterocycles. The number of aryl methyl sites for hydroxylation is 1. The third kappa shape index (κ3) is 2.39. The van der Waals surface area contributed by atoms with Crippen molar-refractivity contribution in [1.82, 2.24) is 9.78 Å². The fourth-order valence-corrected chi connectivity index (χ4v) is 2.35. The Kier molecular flexibility index (Phi) is 4.07. The lowest BCUT2D eigenvalue weighted by atomic mass is 10.4. The molecule has 0 spiro atoms. The molecular weight excluding hydrogens is 275 g/mol. The normalized spacial score (nSPS) is 13.3. The van der Waals surface area contributed by atoms with Crippen LogP contribution in [0.1, 0.15) is 22.8 Å². The van der Waals surface area contributed by atoms with Crippen LogP contribution in [0.4, 0.5) is 0 Å². The molecule has 1 heterocycles. The minimum absolute atomic E-state index is 0.135. The number of halogens is 3. The van der Waals surface area contributed by atoms with Gasteiger partial charge in [0.1, 0.15) is 4.95 Å². The Morgan fingerprint density at radius 1 is 1.54 bits per heavy atom. The standard InChI is InChI=1S/C8H11BrCl2N2/c1-5-8(11)6(2)13(12-5)7(9)3-4-10/h7H,3-4H2,1-2H3. The fraction of sp³-hybridized carbons (Fsp3) is 0.625. The van der Waals surface area contributed by atoms with Gasteiger partial charge in [-0.15, -0.1) is 11.6 Å². The number of aromatic nitrogens is 2. The maximum absolute atomic E-state index is 6.01. The van der Waals surface area contributed by atoms with Crippen LogP contribution in [-0.2, 0) is 0 Å². The van der Waals surface area contributed by atoms with Crippen molar-refractivity contribution in [2.75, 3.05) is 5.88 Å². The molecule has 0 aliphatic heterocycles. The maximum Gasteiger partial charge on any atom is 0.108 e. The van der Waals surface area contributed by atoms with Crippen LogP contribution >= 0.6 is 39.1 Å². The van der Waals surface area contributed by atoms with E-state index < -0.39 is 0 Å². The van der Waals surface area contributed by atoms with Crippen LogP contribution in [0, 0.1) is 13.8 Å². The Bertz CT molecular complexity index is 299. The number of hydrogen-bond donors (Lipinski definition) is 0. The molecule has 1 atom stereocenters. The molecule has 0 aliphatic carbocycles. The first-order valence-corrected chi connectivity index (χ1v) is 5.82. The van der Waals surface area contributed by atoms with E-state index in [0.717, 1.165) is 22.8 Å². The summed E-state index contributed by atoms with van der Waals surface area (Å²) in [7, 11) is 0. The minimum Gasteiger partial charge on any atom is -0.254 e. The van der Waals surface area contributed by atoms with Crippen LogP contribution in [0.2, 0.25) is 5.02 Å². The van der Waals surface area contributed by atoms with Crippen LogP contribution in [0.5, 0.6) is 0 Å². The Morgan fingerprint density at radius 2 is 2.15 bits per heavy atom. The zero-order chi connectivity index (χ0) is 10.0. The zero-order valence-electron chi connectivity index (χ0n) is 7.52. The number of rotatable bonds is 3. The van der Waals surface area contributed by atoms with Crippen molar-refractivity contribution in [3.05, 3.63) is 16.4 Å².